The molecule has 29 heavy (non-hydrogen) atoms. The van der Waals surface area contributed by atoms with Crippen LogP contribution < -0.4 is 0 Å². The van der Waals surface area contributed by atoms with Crippen molar-refractivity contribution in [3.8, 4) is 11.5 Å². The summed E-state index contributed by atoms with van der Waals surface area (Å²) < 4.78 is 7.17. The van der Waals surface area contributed by atoms with Crippen molar-refractivity contribution in [3.05, 3.63) is 76.4 Å². The van der Waals surface area contributed by atoms with E-state index in [-0.39, 0.29) is 12.5 Å². The minimum absolute atomic E-state index is 0.0158. The third-order valence-electron chi connectivity index (χ3n) is 4.11. The third-order valence-corrected chi connectivity index (χ3v) is 4.61. The highest BCUT2D eigenvalue weighted by atomic mass is 35.5. The van der Waals surface area contributed by atoms with E-state index < -0.39 is 0 Å². The minimum Gasteiger partial charge on any atom is -0.417 e. The number of tetrazole rings is 1. The van der Waals surface area contributed by atoms with Gasteiger partial charge in [0.1, 0.15) is 0 Å². The Bertz CT molecular complexity index is 1150. The fourth-order valence-electron chi connectivity index (χ4n) is 2.63. The molecule has 0 saturated carbocycles. The van der Waals surface area contributed by atoms with Crippen LogP contribution in [0.1, 0.15) is 22.8 Å². The SMILES string of the molecule is Cc1cccc(-c2nnc(CO/N=C(/c3ccccc3)c3nnnn3C)o2)c1Cl. The number of hydrogen-bond donors (Lipinski definition) is 0. The number of aromatic nitrogens is 6. The lowest BCUT2D eigenvalue weighted by atomic mass is 10.1. The summed E-state index contributed by atoms with van der Waals surface area (Å²) in [6.45, 7) is 1.89. The smallest absolute Gasteiger partial charge is 0.257 e. The second kappa shape index (κ2) is 8.19. The summed E-state index contributed by atoms with van der Waals surface area (Å²) in [7, 11) is 1.73. The van der Waals surface area contributed by atoms with E-state index in [0.29, 0.717) is 28.0 Å². The van der Waals surface area contributed by atoms with Crippen molar-refractivity contribution in [2.45, 2.75) is 13.5 Å². The van der Waals surface area contributed by atoms with Crippen LogP contribution in [-0.4, -0.2) is 36.1 Å². The lowest BCUT2D eigenvalue weighted by Gasteiger charge is -2.04. The van der Waals surface area contributed by atoms with Gasteiger partial charge < -0.3 is 9.25 Å². The molecule has 0 atom stereocenters. The topological polar surface area (TPSA) is 104 Å². The van der Waals surface area contributed by atoms with Crippen molar-refractivity contribution < 1.29 is 9.25 Å². The standard InChI is InChI=1S/C19H16ClN7O2/c1-12-7-6-10-14(16(12)20)19-23-21-15(29-19)11-28-24-17(13-8-4-3-5-9-13)18-22-25-26-27(18)2/h3-10H,11H2,1-2H3/b24-17-. The molecule has 0 aliphatic heterocycles. The maximum absolute atomic E-state index is 6.32. The highest BCUT2D eigenvalue weighted by Crippen LogP contribution is 2.29. The quantitative estimate of drug-likeness (QED) is 0.355. The van der Waals surface area contributed by atoms with Gasteiger partial charge in [-0.25, -0.2) is 4.68 Å². The zero-order chi connectivity index (χ0) is 20.2. The molecule has 2 heterocycles. The van der Waals surface area contributed by atoms with Gasteiger partial charge in [-0.3, -0.25) is 0 Å². The number of aryl methyl sites for hydroxylation is 2. The number of nitrogens with zero attached hydrogens (tertiary/aromatic N) is 7. The van der Waals surface area contributed by atoms with E-state index in [1.807, 2.05) is 55.5 Å². The molecule has 4 rings (SSSR count). The lowest BCUT2D eigenvalue weighted by molar-refractivity contribution is 0.111. The molecule has 9 nitrogen and oxygen atoms in total. The van der Waals surface area contributed by atoms with Gasteiger partial charge in [-0.05, 0) is 29.0 Å². The number of benzene rings is 2. The Hall–Kier alpha value is -3.59. The van der Waals surface area contributed by atoms with Crippen LogP contribution in [-0.2, 0) is 18.5 Å². The van der Waals surface area contributed by atoms with E-state index in [0.717, 1.165) is 11.1 Å². The predicted molar refractivity (Wildman–Crippen MR) is 105 cm³/mol. The highest BCUT2D eigenvalue weighted by Gasteiger charge is 2.16. The first-order valence-electron chi connectivity index (χ1n) is 8.69. The van der Waals surface area contributed by atoms with Crippen molar-refractivity contribution in [1.29, 1.82) is 0 Å². The van der Waals surface area contributed by atoms with Gasteiger partial charge in [-0.2, -0.15) is 0 Å². The minimum atomic E-state index is -0.0158. The molecule has 0 saturated heterocycles. The second-order valence-electron chi connectivity index (χ2n) is 6.14. The summed E-state index contributed by atoms with van der Waals surface area (Å²) in [4.78, 5) is 5.47. The summed E-state index contributed by atoms with van der Waals surface area (Å²) in [6.07, 6.45) is 0. The molecule has 2 aromatic carbocycles. The Kier molecular flexibility index (Phi) is 5.30. The van der Waals surface area contributed by atoms with Gasteiger partial charge in [-0.15, -0.1) is 15.3 Å². The van der Waals surface area contributed by atoms with E-state index in [1.165, 1.54) is 4.68 Å². The molecular formula is C19H16ClN7O2. The summed E-state index contributed by atoms with van der Waals surface area (Å²) in [6, 6.07) is 15.1. The zero-order valence-electron chi connectivity index (χ0n) is 15.7. The van der Waals surface area contributed by atoms with E-state index in [2.05, 4.69) is 30.9 Å². The van der Waals surface area contributed by atoms with Gasteiger partial charge in [0, 0.05) is 12.6 Å². The van der Waals surface area contributed by atoms with Gasteiger partial charge in [-0.1, -0.05) is 59.2 Å². The second-order valence-corrected chi connectivity index (χ2v) is 6.52. The van der Waals surface area contributed by atoms with Crippen molar-refractivity contribution in [3.63, 3.8) is 0 Å². The highest BCUT2D eigenvalue weighted by molar-refractivity contribution is 6.33. The molecule has 10 heteroatoms. The van der Waals surface area contributed by atoms with E-state index in [4.69, 9.17) is 20.9 Å². The molecule has 4 aromatic rings. The normalized spacial score (nSPS) is 11.6. The van der Waals surface area contributed by atoms with Crippen LogP contribution in [0.25, 0.3) is 11.5 Å². The van der Waals surface area contributed by atoms with Gasteiger partial charge in [0.05, 0.1) is 10.6 Å². The average molecular weight is 410 g/mol. The number of hydrogen-bond acceptors (Lipinski definition) is 8. The number of oxime groups is 1. The van der Waals surface area contributed by atoms with Crippen LogP contribution >= 0.6 is 11.6 Å². The number of halogens is 1. The Morgan fingerprint density at radius 2 is 1.93 bits per heavy atom. The molecule has 0 radical (unpaired) electrons. The van der Waals surface area contributed by atoms with Crippen LogP contribution in [0.5, 0.6) is 0 Å². The Balaban J connectivity index is 1.55. The van der Waals surface area contributed by atoms with Crippen molar-refractivity contribution in [2.24, 2.45) is 12.2 Å². The molecule has 146 valence electrons. The Labute approximate surface area is 171 Å². The predicted octanol–water partition coefficient (Wildman–Crippen LogP) is 3.19. The first-order valence-corrected chi connectivity index (χ1v) is 9.07. The Morgan fingerprint density at radius 1 is 1.10 bits per heavy atom. The Morgan fingerprint density at radius 3 is 2.69 bits per heavy atom. The van der Waals surface area contributed by atoms with Crippen LogP contribution in [0, 0.1) is 6.92 Å². The molecule has 2 aromatic heterocycles. The molecule has 0 amide bonds. The van der Waals surface area contributed by atoms with Crippen LogP contribution in [0.4, 0.5) is 0 Å². The van der Waals surface area contributed by atoms with Crippen molar-refractivity contribution in [1.82, 2.24) is 30.4 Å². The van der Waals surface area contributed by atoms with E-state index >= 15 is 0 Å². The lowest BCUT2D eigenvalue weighted by Crippen LogP contribution is -2.12. The molecule has 0 N–H and O–H groups in total. The van der Waals surface area contributed by atoms with Crippen LogP contribution in [0.3, 0.4) is 0 Å². The van der Waals surface area contributed by atoms with Crippen molar-refractivity contribution >= 4 is 17.3 Å². The van der Waals surface area contributed by atoms with Gasteiger partial charge in [0.25, 0.3) is 5.89 Å². The molecule has 0 unspecified atom stereocenters. The number of rotatable bonds is 6. The molecular weight excluding hydrogens is 394 g/mol. The van der Waals surface area contributed by atoms with E-state index in [1.54, 1.807) is 7.05 Å². The summed E-state index contributed by atoms with van der Waals surface area (Å²) in [5, 5.41) is 24.3. The van der Waals surface area contributed by atoms with Gasteiger partial charge in [0.15, 0.2) is 12.3 Å². The molecule has 0 bridgehead atoms. The molecule has 0 spiro atoms. The first-order chi connectivity index (χ1) is 14.1. The summed E-state index contributed by atoms with van der Waals surface area (Å²) in [5.41, 5.74) is 2.89. The van der Waals surface area contributed by atoms with Gasteiger partial charge in [0.2, 0.25) is 11.7 Å². The van der Waals surface area contributed by atoms with E-state index in [9.17, 15) is 0 Å². The van der Waals surface area contributed by atoms with Gasteiger partial charge >= 0.3 is 0 Å². The average Bonchev–Trinajstić information content (AvgIpc) is 3.37. The maximum atomic E-state index is 6.32. The zero-order valence-corrected chi connectivity index (χ0v) is 16.4. The monoisotopic (exact) mass is 409 g/mol. The third kappa shape index (κ3) is 3.99. The fourth-order valence-corrected chi connectivity index (χ4v) is 2.84. The summed E-state index contributed by atoms with van der Waals surface area (Å²) >= 11 is 6.32. The maximum Gasteiger partial charge on any atom is 0.257 e. The van der Waals surface area contributed by atoms with Crippen LogP contribution in [0.2, 0.25) is 5.02 Å². The molecule has 0 fully saturated rings. The summed E-state index contributed by atoms with van der Waals surface area (Å²) in [5.74, 6) is 1.06. The van der Waals surface area contributed by atoms with Crippen molar-refractivity contribution in [2.75, 3.05) is 0 Å². The first kappa shape index (κ1) is 18.8. The molecule has 0 aliphatic rings. The van der Waals surface area contributed by atoms with Crippen LogP contribution in [0.15, 0.2) is 58.1 Å². The molecule has 0 aliphatic carbocycles. The largest absolute Gasteiger partial charge is 0.417 e. The fraction of sp³-hybridized carbons (Fsp3) is 0.158.